The SMILES string of the molecule is c1ccc(-c2cccc(-c3cc(-c4ccc(-c5ccc(-c6c7c(cc8c(-c9ccccc9)nc9ccccc9c68)oc6ccccc67)cc5)cc4)nc(-c4cccc(-c5ccccc5)c4)n3)c2)cc1. The van der Waals surface area contributed by atoms with Gasteiger partial charge in [-0.25, -0.2) is 15.0 Å². The van der Waals surface area contributed by atoms with Crippen molar-refractivity contribution in [1.29, 1.82) is 0 Å². The van der Waals surface area contributed by atoms with Crippen molar-refractivity contribution in [2.24, 2.45) is 0 Å². The molecule has 0 amide bonds. The van der Waals surface area contributed by atoms with Crippen molar-refractivity contribution in [3.8, 4) is 89.7 Å². The Labute approximate surface area is 399 Å². The molecule has 69 heavy (non-hydrogen) atoms. The second-order valence-corrected chi connectivity index (χ2v) is 17.5. The molecule has 0 aliphatic heterocycles. The van der Waals surface area contributed by atoms with E-state index in [0.29, 0.717) is 5.82 Å². The predicted molar refractivity (Wildman–Crippen MR) is 286 cm³/mol. The Hall–Kier alpha value is -9.25. The molecule has 0 unspecified atom stereocenters. The first kappa shape index (κ1) is 40.1. The van der Waals surface area contributed by atoms with Gasteiger partial charge in [-0.3, -0.25) is 0 Å². The third kappa shape index (κ3) is 7.32. The molecule has 0 fully saturated rings. The van der Waals surface area contributed by atoms with Gasteiger partial charge in [-0.2, -0.15) is 0 Å². The van der Waals surface area contributed by atoms with Gasteiger partial charge >= 0.3 is 0 Å². The van der Waals surface area contributed by atoms with Crippen LogP contribution in [0.1, 0.15) is 0 Å². The third-order valence-corrected chi connectivity index (χ3v) is 13.3. The largest absolute Gasteiger partial charge is 0.456 e. The van der Waals surface area contributed by atoms with Crippen molar-refractivity contribution in [1.82, 2.24) is 15.0 Å². The number of furan rings is 1. The van der Waals surface area contributed by atoms with E-state index in [9.17, 15) is 0 Å². The Morgan fingerprint density at radius 3 is 1.41 bits per heavy atom. The number of nitrogens with zero attached hydrogens (tertiary/aromatic N) is 3. The highest BCUT2D eigenvalue weighted by atomic mass is 16.3. The molecule has 0 spiro atoms. The molecular formula is C65H41N3O. The second-order valence-electron chi connectivity index (χ2n) is 17.5. The lowest BCUT2D eigenvalue weighted by atomic mass is 9.89. The van der Waals surface area contributed by atoms with Crippen molar-refractivity contribution in [2.75, 3.05) is 0 Å². The summed E-state index contributed by atoms with van der Waals surface area (Å²) in [6, 6.07) is 87.4. The molecule has 0 bridgehead atoms. The van der Waals surface area contributed by atoms with E-state index < -0.39 is 0 Å². The number of aromatic nitrogens is 3. The fourth-order valence-electron chi connectivity index (χ4n) is 9.91. The fraction of sp³-hybridized carbons (Fsp3) is 0. The maximum Gasteiger partial charge on any atom is 0.160 e. The lowest BCUT2D eigenvalue weighted by Crippen LogP contribution is -1.96. The van der Waals surface area contributed by atoms with Crippen LogP contribution in [0.3, 0.4) is 0 Å². The summed E-state index contributed by atoms with van der Waals surface area (Å²) in [6.45, 7) is 0. The van der Waals surface area contributed by atoms with E-state index >= 15 is 0 Å². The van der Waals surface area contributed by atoms with Crippen molar-refractivity contribution >= 4 is 43.6 Å². The Kier molecular flexibility index (Phi) is 9.80. The summed E-state index contributed by atoms with van der Waals surface area (Å²) in [6.07, 6.45) is 0. The van der Waals surface area contributed by atoms with E-state index in [1.54, 1.807) is 0 Å². The zero-order chi connectivity index (χ0) is 45.7. The second kappa shape index (κ2) is 16.9. The average molecular weight is 880 g/mol. The van der Waals surface area contributed by atoms with Gasteiger partial charge in [0.1, 0.15) is 11.2 Å². The lowest BCUT2D eigenvalue weighted by molar-refractivity contribution is 0.669. The quantitative estimate of drug-likeness (QED) is 0.143. The van der Waals surface area contributed by atoms with Crippen molar-refractivity contribution in [3.05, 3.63) is 249 Å². The van der Waals surface area contributed by atoms with E-state index in [4.69, 9.17) is 19.4 Å². The van der Waals surface area contributed by atoms with Crippen LogP contribution in [0.5, 0.6) is 0 Å². The van der Waals surface area contributed by atoms with Gasteiger partial charge in [-0.1, -0.05) is 212 Å². The number of fused-ring (bicyclic) bond motifs is 6. The van der Waals surface area contributed by atoms with Gasteiger partial charge in [0.2, 0.25) is 0 Å². The molecule has 13 rings (SSSR count). The highest BCUT2D eigenvalue weighted by Crippen LogP contribution is 2.46. The first-order valence-corrected chi connectivity index (χ1v) is 23.3. The van der Waals surface area contributed by atoms with Crippen LogP contribution in [0.25, 0.3) is 133 Å². The molecule has 3 heterocycles. The topological polar surface area (TPSA) is 51.8 Å². The molecule has 0 radical (unpaired) electrons. The van der Waals surface area contributed by atoms with Gasteiger partial charge in [0.25, 0.3) is 0 Å². The maximum atomic E-state index is 6.64. The summed E-state index contributed by atoms with van der Waals surface area (Å²) in [7, 11) is 0. The Balaban J connectivity index is 0.914. The summed E-state index contributed by atoms with van der Waals surface area (Å²) in [5, 5.41) is 5.53. The van der Waals surface area contributed by atoms with Gasteiger partial charge in [-0.05, 0) is 75.3 Å². The number of rotatable bonds is 8. The zero-order valence-electron chi connectivity index (χ0n) is 37.4. The van der Waals surface area contributed by atoms with Crippen LogP contribution in [0.4, 0.5) is 0 Å². The summed E-state index contributed by atoms with van der Waals surface area (Å²) in [4.78, 5) is 15.8. The predicted octanol–water partition coefficient (Wildman–Crippen LogP) is 17.4. The van der Waals surface area contributed by atoms with E-state index in [0.717, 1.165) is 127 Å². The molecule has 0 aliphatic carbocycles. The Morgan fingerprint density at radius 2 is 0.739 bits per heavy atom. The van der Waals surface area contributed by atoms with Crippen LogP contribution in [0.2, 0.25) is 0 Å². The summed E-state index contributed by atoms with van der Waals surface area (Å²) >= 11 is 0. The molecule has 0 saturated carbocycles. The molecule has 0 aliphatic rings. The van der Waals surface area contributed by atoms with Crippen LogP contribution < -0.4 is 0 Å². The van der Waals surface area contributed by atoms with E-state index in [-0.39, 0.29) is 0 Å². The Bertz CT molecular complexity index is 3930. The highest BCUT2D eigenvalue weighted by Gasteiger charge is 2.22. The third-order valence-electron chi connectivity index (χ3n) is 13.3. The smallest absolute Gasteiger partial charge is 0.160 e. The molecular weight excluding hydrogens is 839 g/mol. The maximum absolute atomic E-state index is 6.64. The van der Waals surface area contributed by atoms with Crippen LogP contribution in [0, 0.1) is 0 Å². The standard InChI is InChI=1S/C65H41N3O/c1-4-16-42(17-5-1)49-22-14-24-51(38-49)58-41-57(67-65(68-58)52-25-15-23-50(39-52)43-18-6-2-7-19-43)46-34-30-44(31-35-46)45-32-36-47(37-33-45)61-62-53-26-10-12-28-56(53)66-64(48-20-8-3-9-21-48)55(62)40-60-63(61)54-27-11-13-29-59(54)69-60/h1-41H. The molecule has 0 atom stereocenters. The molecule has 0 saturated heterocycles. The van der Waals surface area contributed by atoms with Crippen LogP contribution in [-0.2, 0) is 0 Å². The fourth-order valence-corrected chi connectivity index (χ4v) is 9.91. The minimum absolute atomic E-state index is 0.678. The molecule has 3 aromatic heterocycles. The van der Waals surface area contributed by atoms with Crippen molar-refractivity contribution in [2.45, 2.75) is 0 Å². The molecule has 4 heteroatoms. The monoisotopic (exact) mass is 879 g/mol. The average Bonchev–Trinajstić information content (AvgIpc) is 3.81. The van der Waals surface area contributed by atoms with Gasteiger partial charge in [0.05, 0.1) is 22.6 Å². The number of hydrogen-bond acceptors (Lipinski definition) is 4. The van der Waals surface area contributed by atoms with Crippen LogP contribution >= 0.6 is 0 Å². The van der Waals surface area contributed by atoms with E-state index in [1.165, 1.54) is 0 Å². The summed E-state index contributed by atoms with van der Waals surface area (Å²) in [5.74, 6) is 0.678. The van der Waals surface area contributed by atoms with Crippen molar-refractivity contribution in [3.63, 3.8) is 0 Å². The number of pyridine rings is 1. The molecule has 4 nitrogen and oxygen atoms in total. The minimum atomic E-state index is 0.678. The number of para-hydroxylation sites is 2. The van der Waals surface area contributed by atoms with Crippen molar-refractivity contribution < 1.29 is 4.42 Å². The van der Waals surface area contributed by atoms with Gasteiger partial charge in [0, 0.05) is 54.7 Å². The highest BCUT2D eigenvalue weighted by molar-refractivity contribution is 6.27. The Morgan fingerprint density at radius 1 is 0.261 bits per heavy atom. The first-order valence-electron chi connectivity index (χ1n) is 23.3. The number of hydrogen-bond donors (Lipinski definition) is 0. The van der Waals surface area contributed by atoms with Crippen LogP contribution in [-0.4, -0.2) is 15.0 Å². The zero-order valence-corrected chi connectivity index (χ0v) is 37.4. The first-order chi connectivity index (χ1) is 34.2. The molecule has 322 valence electrons. The molecule has 10 aromatic carbocycles. The molecule has 13 aromatic rings. The normalized spacial score (nSPS) is 11.5. The minimum Gasteiger partial charge on any atom is -0.456 e. The molecule has 0 N–H and O–H groups in total. The summed E-state index contributed by atoms with van der Waals surface area (Å²) in [5.41, 5.74) is 18.5. The van der Waals surface area contributed by atoms with Gasteiger partial charge in [-0.15, -0.1) is 0 Å². The lowest BCUT2D eigenvalue weighted by Gasteiger charge is -2.16. The van der Waals surface area contributed by atoms with Crippen LogP contribution in [0.15, 0.2) is 253 Å². The summed E-state index contributed by atoms with van der Waals surface area (Å²) < 4.78 is 6.64. The van der Waals surface area contributed by atoms with Gasteiger partial charge in [0.15, 0.2) is 5.82 Å². The number of benzene rings is 10. The van der Waals surface area contributed by atoms with E-state index in [1.807, 2.05) is 24.3 Å². The van der Waals surface area contributed by atoms with E-state index in [2.05, 4.69) is 224 Å². The van der Waals surface area contributed by atoms with Gasteiger partial charge < -0.3 is 4.42 Å².